The summed E-state index contributed by atoms with van der Waals surface area (Å²) in [5, 5.41) is 3.37. The molecule has 0 saturated carbocycles. The second kappa shape index (κ2) is 7.40. The first-order chi connectivity index (χ1) is 6.79. The summed E-state index contributed by atoms with van der Waals surface area (Å²) < 4.78 is 5.53. The molecule has 82 valence electrons. The Morgan fingerprint density at radius 1 is 1.36 bits per heavy atom. The van der Waals surface area contributed by atoms with Crippen LogP contribution in [0, 0.1) is 0 Å². The Balaban J connectivity index is 1.87. The molecule has 0 atom stereocenters. The van der Waals surface area contributed by atoms with E-state index in [1.165, 1.54) is 32.1 Å². The van der Waals surface area contributed by atoms with Crippen LogP contribution in [0.2, 0.25) is 6.04 Å². The highest BCUT2D eigenvalue weighted by molar-refractivity contribution is 6.27. The topological polar surface area (TPSA) is 24.5 Å². The molecule has 1 fully saturated rings. The summed E-state index contributed by atoms with van der Waals surface area (Å²) in [4.78, 5) is 2.54. The van der Waals surface area contributed by atoms with Crippen molar-refractivity contribution >= 4 is 9.76 Å². The van der Waals surface area contributed by atoms with Crippen LogP contribution in [0.1, 0.15) is 20.3 Å². The number of rotatable bonds is 6. The maximum atomic E-state index is 5.53. The van der Waals surface area contributed by atoms with E-state index in [0.717, 1.165) is 13.1 Å². The van der Waals surface area contributed by atoms with Gasteiger partial charge >= 0.3 is 0 Å². The van der Waals surface area contributed by atoms with Crippen LogP contribution in [-0.4, -0.2) is 53.5 Å². The highest BCUT2D eigenvalue weighted by atomic mass is 28.2. The highest BCUT2D eigenvalue weighted by Crippen LogP contribution is 1.98. The van der Waals surface area contributed by atoms with Crippen LogP contribution in [0.4, 0.5) is 0 Å². The normalized spacial score (nSPS) is 19.1. The van der Waals surface area contributed by atoms with Crippen LogP contribution in [0.5, 0.6) is 0 Å². The number of nitrogens with zero attached hydrogens (tertiary/aromatic N) is 1. The summed E-state index contributed by atoms with van der Waals surface area (Å²) in [5.41, 5.74) is 0. The molecule has 0 aromatic heterocycles. The van der Waals surface area contributed by atoms with Crippen LogP contribution in [0.15, 0.2) is 0 Å². The molecule has 1 saturated heterocycles. The molecule has 0 spiro atoms. The molecule has 3 nitrogen and oxygen atoms in total. The van der Waals surface area contributed by atoms with E-state index >= 15 is 0 Å². The van der Waals surface area contributed by atoms with Gasteiger partial charge < -0.3 is 14.6 Å². The molecular formula is C10H22N2OSi. The predicted octanol–water partition coefficient (Wildman–Crippen LogP) is 0.744. The third-order valence-electron chi connectivity index (χ3n) is 2.28. The Morgan fingerprint density at radius 2 is 2.07 bits per heavy atom. The molecule has 0 aliphatic carbocycles. The van der Waals surface area contributed by atoms with Gasteiger partial charge in [0.05, 0.1) is 0 Å². The summed E-state index contributed by atoms with van der Waals surface area (Å²) in [6.07, 6.45) is 1.68. The van der Waals surface area contributed by atoms with Crippen LogP contribution in [0.3, 0.4) is 0 Å². The fourth-order valence-electron chi connectivity index (χ4n) is 1.54. The molecule has 1 heterocycles. The summed E-state index contributed by atoms with van der Waals surface area (Å²) in [6, 6.07) is 1.22. The predicted molar refractivity (Wildman–Crippen MR) is 60.7 cm³/mol. The zero-order valence-electron chi connectivity index (χ0n) is 9.38. The molecule has 1 aliphatic heterocycles. The minimum absolute atomic E-state index is 0.396. The van der Waals surface area contributed by atoms with Crippen molar-refractivity contribution in [3.63, 3.8) is 0 Å². The second-order valence-corrected chi connectivity index (χ2v) is 5.03. The summed E-state index contributed by atoms with van der Waals surface area (Å²) in [7, 11) is 0.691. The van der Waals surface area contributed by atoms with Gasteiger partial charge in [0.1, 0.15) is 0 Å². The molecule has 0 bridgehead atoms. The average molecular weight is 214 g/mol. The van der Waals surface area contributed by atoms with Crippen molar-refractivity contribution in [2.45, 2.75) is 32.4 Å². The van der Waals surface area contributed by atoms with Gasteiger partial charge in [-0.25, -0.2) is 0 Å². The van der Waals surface area contributed by atoms with Crippen molar-refractivity contribution in [3.05, 3.63) is 0 Å². The van der Waals surface area contributed by atoms with E-state index in [9.17, 15) is 0 Å². The fraction of sp³-hybridized carbons (Fsp3) is 1.00. The van der Waals surface area contributed by atoms with E-state index in [1.807, 2.05) is 0 Å². The Morgan fingerprint density at radius 3 is 2.71 bits per heavy atom. The van der Waals surface area contributed by atoms with Gasteiger partial charge in [-0.2, -0.15) is 0 Å². The zero-order chi connectivity index (χ0) is 10.2. The lowest BCUT2D eigenvalue weighted by atomic mass is 10.3. The van der Waals surface area contributed by atoms with Gasteiger partial charge in [0.15, 0.2) is 0 Å². The van der Waals surface area contributed by atoms with Gasteiger partial charge in [-0.1, -0.05) is 0 Å². The molecule has 1 N–H and O–H groups in total. The number of hydrogen-bond donors (Lipinski definition) is 1. The number of piperazine rings is 1. The molecule has 0 amide bonds. The Kier molecular flexibility index (Phi) is 6.43. The Bertz CT molecular complexity index is 138. The second-order valence-electron chi connectivity index (χ2n) is 4.01. The fourth-order valence-corrected chi connectivity index (χ4v) is 2.29. The number of nitrogens with one attached hydrogen (secondary N) is 1. The van der Waals surface area contributed by atoms with Crippen LogP contribution < -0.4 is 5.32 Å². The van der Waals surface area contributed by atoms with Crippen molar-refractivity contribution in [2.24, 2.45) is 0 Å². The molecule has 2 radical (unpaired) electrons. The highest BCUT2D eigenvalue weighted by Gasteiger charge is 2.08. The van der Waals surface area contributed by atoms with E-state index in [1.54, 1.807) is 0 Å². The summed E-state index contributed by atoms with van der Waals surface area (Å²) in [5.74, 6) is 0. The van der Waals surface area contributed by atoms with Gasteiger partial charge in [-0.15, -0.1) is 0 Å². The first-order valence-corrected chi connectivity index (χ1v) is 6.72. The largest absolute Gasteiger partial charge is 0.415 e. The van der Waals surface area contributed by atoms with Crippen LogP contribution in [-0.2, 0) is 4.43 Å². The Hall–Kier alpha value is 0.0969. The lowest BCUT2D eigenvalue weighted by molar-refractivity contribution is 0.235. The molecular weight excluding hydrogens is 192 g/mol. The molecule has 1 rings (SSSR count). The zero-order valence-corrected chi connectivity index (χ0v) is 10.4. The van der Waals surface area contributed by atoms with E-state index in [-0.39, 0.29) is 0 Å². The summed E-state index contributed by atoms with van der Waals surface area (Å²) >= 11 is 0. The van der Waals surface area contributed by atoms with Gasteiger partial charge in [-0.3, -0.25) is 0 Å². The summed E-state index contributed by atoms with van der Waals surface area (Å²) in [6.45, 7) is 10.2. The van der Waals surface area contributed by atoms with Gasteiger partial charge in [-0.05, 0) is 32.9 Å². The van der Waals surface area contributed by atoms with Gasteiger partial charge in [0.2, 0.25) is 9.76 Å². The molecule has 14 heavy (non-hydrogen) atoms. The first kappa shape index (κ1) is 12.2. The van der Waals surface area contributed by atoms with Crippen LogP contribution >= 0.6 is 0 Å². The maximum absolute atomic E-state index is 5.53. The van der Waals surface area contributed by atoms with Crippen molar-refractivity contribution in [2.75, 3.05) is 32.7 Å². The minimum atomic E-state index is 0.396. The first-order valence-electron chi connectivity index (χ1n) is 5.60. The SMILES string of the molecule is CC(C)O[Si]CCCN1CCNCC1. The molecule has 0 unspecified atom stereocenters. The van der Waals surface area contributed by atoms with Crippen LogP contribution in [0.25, 0.3) is 0 Å². The third-order valence-corrected chi connectivity index (χ3v) is 3.48. The van der Waals surface area contributed by atoms with E-state index in [0.29, 0.717) is 15.9 Å². The van der Waals surface area contributed by atoms with Gasteiger partial charge in [0.25, 0.3) is 0 Å². The third kappa shape index (κ3) is 5.75. The Labute approximate surface area is 90.1 Å². The van der Waals surface area contributed by atoms with E-state index in [4.69, 9.17) is 4.43 Å². The van der Waals surface area contributed by atoms with Crippen molar-refractivity contribution < 1.29 is 4.43 Å². The van der Waals surface area contributed by atoms with Crippen molar-refractivity contribution in [1.29, 1.82) is 0 Å². The number of hydrogen-bond acceptors (Lipinski definition) is 3. The molecule has 4 heteroatoms. The molecule has 0 aromatic carbocycles. The quantitative estimate of drug-likeness (QED) is 0.521. The lowest BCUT2D eigenvalue weighted by Gasteiger charge is -2.26. The smallest absolute Gasteiger partial charge is 0.230 e. The van der Waals surface area contributed by atoms with E-state index < -0.39 is 0 Å². The minimum Gasteiger partial charge on any atom is -0.415 e. The van der Waals surface area contributed by atoms with E-state index in [2.05, 4.69) is 24.1 Å². The standard InChI is InChI=1S/C10H22N2OSi/c1-10(2)13-14-9-3-6-12-7-4-11-5-8-12/h10-11H,3-9H2,1-2H3. The monoisotopic (exact) mass is 214 g/mol. The molecule has 1 aliphatic rings. The van der Waals surface area contributed by atoms with Gasteiger partial charge in [0, 0.05) is 32.3 Å². The lowest BCUT2D eigenvalue weighted by Crippen LogP contribution is -2.43. The molecule has 0 aromatic rings. The average Bonchev–Trinajstić information content (AvgIpc) is 2.18. The van der Waals surface area contributed by atoms with Crippen molar-refractivity contribution in [1.82, 2.24) is 10.2 Å². The maximum Gasteiger partial charge on any atom is 0.230 e. The van der Waals surface area contributed by atoms with Crippen molar-refractivity contribution in [3.8, 4) is 0 Å².